The fourth-order valence-corrected chi connectivity index (χ4v) is 4.82. The maximum Gasteiger partial charge on any atom is 0.437 e. The number of nitrogens with zero attached hydrogens (tertiary/aromatic N) is 1. The summed E-state index contributed by atoms with van der Waals surface area (Å²) in [6.07, 6.45) is -5.40. The monoisotopic (exact) mass is 514 g/mol. The van der Waals surface area contributed by atoms with Gasteiger partial charge < -0.3 is 10.4 Å². The van der Waals surface area contributed by atoms with E-state index >= 15 is 0 Å². The molecular formula is C22H15Cl2F3N2O3S. The summed E-state index contributed by atoms with van der Waals surface area (Å²) in [5.41, 5.74) is -3.97. The number of urea groups is 1. The molecule has 2 N–H and O–H groups in total. The second-order valence-electron chi connectivity index (χ2n) is 7.33. The van der Waals surface area contributed by atoms with Gasteiger partial charge in [0.2, 0.25) is 0 Å². The molecule has 1 fully saturated rings. The van der Waals surface area contributed by atoms with Crippen LogP contribution in [0.25, 0.3) is 0 Å². The fraction of sp³-hybridized carbons (Fsp3) is 0.182. The molecule has 0 radical (unpaired) electrons. The molecule has 0 aliphatic carbocycles. The lowest BCUT2D eigenvalue weighted by Crippen LogP contribution is -2.74. The number of carbonyl (C=O) groups excluding carboxylic acids is 2. The van der Waals surface area contributed by atoms with Crippen molar-refractivity contribution in [2.24, 2.45) is 5.92 Å². The standard InChI is InChI=1S/C22H15Cl2F3N2O3S/c23-13-5-3-12(4-6-13)18-17(19(30)16-2-1-11-33-16)21(32,22(25,26)27)29(20(31)28-18)15-9-7-14(24)8-10-15/h1-11,17-18,32H,(H,28,31)/t17-,18+,21-/m0/s1. The van der Waals surface area contributed by atoms with Gasteiger partial charge in [-0.05, 0) is 53.4 Å². The number of anilines is 1. The quantitative estimate of drug-likeness (QED) is 0.414. The average Bonchev–Trinajstić information content (AvgIpc) is 3.29. The number of nitrogens with one attached hydrogen (secondary N) is 1. The van der Waals surface area contributed by atoms with Gasteiger partial charge in [0.05, 0.1) is 10.9 Å². The van der Waals surface area contributed by atoms with Gasteiger partial charge in [-0.15, -0.1) is 11.3 Å². The van der Waals surface area contributed by atoms with Crippen molar-refractivity contribution in [1.82, 2.24) is 5.32 Å². The third-order valence-electron chi connectivity index (χ3n) is 5.37. The van der Waals surface area contributed by atoms with Crippen LogP contribution in [0.2, 0.25) is 10.0 Å². The molecule has 5 nitrogen and oxygen atoms in total. The van der Waals surface area contributed by atoms with Gasteiger partial charge in [0.1, 0.15) is 5.92 Å². The Balaban J connectivity index is 1.95. The van der Waals surface area contributed by atoms with Gasteiger partial charge >= 0.3 is 12.2 Å². The predicted octanol–water partition coefficient (Wildman–Crippen LogP) is 6.08. The summed E-state index contributed by atoms with van der Waals surface area (Å²) in [6.45, 7) is 0. The number of Topliss-reactive ketones (excluding diaryl/α,β-unsaturated/α-hetero) is 1. The highest BCUT2D eigenvalue weighted by molar-refractivity contribution is 7.12. The van der Waals surface area contributed by atoms with Gasteiger partial charge in [0.25, 0.3) is 5.72 Å². The molecule has 4 rings (SSSR count). The number of rotatable bonds is 4. The Morgan fingerprint density at radius 1 is 1.03 bits per heavy atom. The summed E-state index contributed by atoms with van der Waals surface area (Å²) in [4.78, 5) is 26.6. The molecule has 172 valence electrons. The number of halogens is 5. The van der Waals surface area contributed by atoms with Crippen molar-refractivity contribution in [2.75, 3.05) is 4.90 Å². The number of alkyl halides is 3. The van der Waals surface area contributed by atoms with E-state index in [0.717, 1.165) is 23.5 Å². The second kappa shape index (κ2) is 8.64. The molecule has 3 aromatic rings. The second-order valence-corrected chi connectivity index (χ2v) is 9.15. The number of ketones is 1. The summed E-state index contributed by atoms with van der Waals surface area (Å²) < 4.78 is 44.0. The Labute approximate surface area is 200 Å². The van der Waals surface area contributed by atoms with Gasteiger partial charge in [-0.25, -0.2) is 4.79 Å². The molecule has 1 aromatic heterocycles. The molecule has 2 amide bonds. The van der Waals surface area contributed by atoms with Crippen molar-refractivity contribution in [1.29, 1.82) is 0 Å². The third-order valence-corrected chi connectivity index (χ3v) is 6.76. The minimum atomic E-state index is -5.40. The van der Waals surface area contributed by atoms with Crippen LogP contribution in [-0.2, 0) is 0 Å². The van der Waals surface area contributed by atoms with Crippen molar-refractivity contribution < 1.29 is 27.9 Å². The van der Waals surface area contributed by atoms with E-state index in [1.807, 2.05) is 0 Å². The molecule has 2 aromatic carbocycles. The van der Waals surface area contributed by atoms with E-state index in [-0.39, 0.29) is 26.1 Å². The summed E-state index contributed by atoms with van der Waals surface area (Å²) >= 11 is 12.7. The van der Waals surface area contributed by atoms with E-state index < -0.39 is 35.7 Å². The molecule has 33 heavy (non-hydrogen) atoms. The van der Waals surface area contributed by atoms with Crippen molar-refractivity contribution in [2.45, 2.75) is 17.9 Å². The van der Waals surface area contributed by atoms with Crippen LogP contribution in [0, 0.1) is 5.92 Å². The first kappa shape index (κ1) is 23.6. The lowest BCUT2D eigenvalue weighted by atomic mass is 9.77. The first-order valence-corrected chi connectivity index (χ1v) is 11.2. The van der Waals surface area contributed by atoms with Gasteiger partial charge in [-0.1, -0.05) is 41.4 Å². The number of aliphatic hydroxyl groups is 1. The van der Waals surface area contributed by atoms with Crippen molar-refractivity contribution in [3.8, 4) is 0 Å². The summed E-state index contributed by atoms with van der Waals surface area (Å²) in [5.74, 6) is -3.10. The van der Waals surface area contributed by atoms with E-state index in [1.54, 1.807) is 0 Å². The summed E-state index contributed by atoms with van der Waals surface area (Å²) in [6, 6.07) is 10.7. The summed E-state index contributed by atoms with van der Waals surface area (Å²) in [7, 11) is 0. The van der Waals surface area contributed by atoms with E-state index in [4.69, 9.17) is 23.2 Å². The maximum absolute atomic E-state index is 14.7. The average molecular weight is 515 g/mol. The number of benzene rings is 2. The first-order chi connectivity index (χ1) is 15.5. The lowest BCUT2D eigenvalue weighted by Gasteiger charge is -2.51. The highest BCUT2D eigenvalue weighted by Gasteiger charge is 2.70. The highest BCUT2D eigenvalue weighted by atomic mass is 35.5. The van der Waals surface area contributed by atoms with Crippen molar-refractivity contribution >= 4 is 52.0 Å². The zero-order valence-electron chi connectivity index (χ0n) is 16.5. The van der Waals surface area contributed by atoms with Crippen LogP contribution in [0.3, 0.4) is 0 Å². The topological polar surface area (TPSA) is 69.6 Å². The molecule has 2 heterocycles. The largest absolute Gasteiger partial charge is 0.437 e. The smallest absolute Gasteiger partial charge is 0.362 e. The molecule has 0 bridgehead atoms. The van der Waals surface area contributed by atoms with Gasteiger partial charge in [0.15, 0.2) is 5.78 Å². The lowest BCUT2D eigenvalue weighted by molar-refractivity contribution is -0.275. The van der Waals surface area contributed by atoms with E-state index in [2.05, 4.69) is 5.32 Å². The molecule has 1 aliphatic rings. The fourth-order valence-electron chi connectivity index (χ4n) is 3.87. The molecule has 1 saturated heterocycles. The number of carbonyl (C=O) groups is 2. The van der Waals surface area contributed by atoms with Gasteiger partial charge in [0, 0.05) is 15.7 Å². The first-order valence-electron chi connectivity index (χ1n) is 9.52. The van der Waals surface area contributed by atoms with Gasteiger partial charge in [-0.2, -0.15) is 13.2 Å². The summed E-state index contributed by atoms with van der Waals surface area (Å²) in [5, 5.41) is 15.9. The van der Waals surface area contributed by atoms with Crippen LogP contribution >= 0.6 is 34.5 Å². The Kier molecular flexibility index (Phi) is 6.17. The van der Waals surface area contributed by atoms with E-state index in [0.29, 0.717) is 5.02 Å². The van der Waals surface area contributed by atoms with Crippen molar-refractivity contribution in [3.63, 3.8) is 0 Å². The van der Waals surface area contributed by atoms with Crippen LogP contribution < -0.4 is 10.2 Å². The maximum atomic E-state index is 14.7. The van der Waals surface area contributed by atoms with Crippen LogP contribution in [-0.4, -0.2) is 28.8 Å². The molecule has 0 saturated carbocycles. The minimum Gasteiger partial charge on any atom is -0.362 e. The Hall–Kier alpha value is -2.59. The van der Waals surface area contributed by atoms with E-state index in [9.17, 15) is 27.9 Å². The Morgan fingerprint density at radius 3 is 2.12 bits per heavy atom. The van der Waals surface area contributed by atoms with Crippen molar-refractivity contribution in [3.05, 3.63) is 86.5 Å². The SMILES string of the molecule is O=C(c1cccs1)[C@@H]1[C@@H](c2ccc(Cl)cc2)NC(=O)N(c2ccc(Cl)cc2)[C@@]1(O)C(F)(F)F. The highest BCUT2D eigenvalue weighted by Crippen LogP contribution is 2.50. The normalized spacial score (nSPS) is 23.3. The molecule has 11 heteroatoms. The van der Waals surface area contributed by atoms with E-state index in [1.165, 1.54) is 53.9 Å². The number of amides is 2. The Bertz CT molecular complexity index is 1170. The number of thiophene rings is 1. The van der Waals surface area contributed by atoms with Crippen LogP contribution in [0.5, 0.6) is 0 Å². The Morgan fingerprint density at radius 2 is 1.61 bits per heavy atom. The molecule has 3 atom stereocenters. The number of hydrogen-bond acceptors (Lipinski definition) is 4. The van der Waals surface area contributed by atoms with Crippen LogP contribution in [0.4, 0.5) is 23.7 Å². The van der Waals surface area contributed by atoms with Gasteiger partial charge in [-0.3, -0.25) is 9.69 Å². The zero-order valence-corrected chi connectivity index (χ0v) is 18.8. The predicted molar refractivity (Wildman–Crippen MR) is 120 cm³/mol. The number of hydrogen-bond donors (Lipinski definition) is 2. The molecule has 0 spiro atoms. The molecular weight excluding hydrogens is 500 g/mol. The van der Waals surface area contributed by atoms with Crippen LogP contribution in [0.1, 0.15) is 21.3 Å². The van der Waals surface area contributed by atoms with Crippen LogP contribution in [0.15, 0.2) is 66.0 Å². The minimum absolute atomic E-state index is 0.00819. The molecule has 0 unspecified atom stereocenters. The zero-order chi connectivity index (χ0) is 24.0. The third kappa shape index (κ3) is 4.10. The molecule has 1 aliphatic heterocycles.